The molecule has 1 unspecified atom stereocenters. The zero-order chi connectivity index (χ0) is 16.1. The van der Waals surface area contributed by atoms with Crippen LogP contribution in [0.2, 0.25) is 0 Å². The third-order valence-electron chi connectivity index (χ3n) is 4.62. The van der Waals surface area contributed by atoms with Crippen LogP contribution in [0.4, 0.5) is 0 Å². The van der Waals surface area contributed by atoms with Crippen LogP contribution in [0.1, 0.15) is 24.8 Å². The average molecular weight is 332 g/mol. The molecule has 23 heavy (non-hydrogen) atoms. The maximum Gasteiger partial charge on any atom is 0.235 e. The van der Waals surface area contributed by atoms with Crippen molar-refractivity contribution in [3.05, 3.63) is 35.9 Å². The second-order valence-corrected chi connectivity index (χ2v) is 7.50. The second-order valence-electron chi connectivity index (χ2n) is 6.19. The van der Waals surface area contributed by atoms with Crippen molar-refractivity contribution in [2.75, 3.05) is 31.9 Å². The van der Waals surface area contributed by atoms with E-state index in [4.69, 9.17) is 0 Å². The molecular formula is C18H24N2O2S. The SMILES string of the molecule is O=C(CCc1ccccc1)N1CCN(C(=O)C2CCCS2)CC1. The summed E-state index contributed by atoms with van der Waals surface area (Å²) in [5.41, 5.74) is 1.20. The standard InChI is InChI=1S/C18H24N2O2S/c21-17(9-8-15-5-2-1-3-6-15)19-10-12-20(13-11-19)18(22)16-7-4-14-23-16/h1-3,5-6,16H,4,7-14H2. The predicted octanol–water partition coefficient (Wildman–Crippen LogP) is 2.19. The van der Waals surface area contributed by atoms with Crippen molar-refractivity contribution in [1.82, 2.24) is 9.80 Å². The molecule has 4 nitrogen and oxygen atoms in total. The summed E-state index contributed by atoms with van der Waals surface area (Å²) in [4.78, 5) is 28.6. The number of rotatable bonds is 4. The molecule has 1 aromatic carbocycles. The first-order chi connectivity index (χ1) is 11.2. The minimum atomic E-state index is 0.162. The number of hydrogen-bond donors (Lipinski definition) is 0. The Morgan fingerprint density at radius 2 is 1.74 bits per heavy atom. The van der Waals surface area contributed by atoms with Crippen LogP contribution in [0.15, 0.2) is 30.3 Å². The van der Waals surface area contributed by atoms with Crippen LogP contribution in [0.5, 0.6) is 0 Å². The fraction of sp³-hybridized carbons (Fsp3) is 0.556. The molecule has 2 saturated heterocycles. The molecular weight excluding hydrogens is 308 g/mol. The average Bonchev–Trinajstić information content (AvgIpc) is 3.15. The van der Waals surface area contributed by atoms with E-state index in [1.165, 1.54) is 5.56 Å². The van der Waals surface area contributed by atoms with Crippen molar-refractivity contribution in [2.24, 2.45) is 0 Å². The second kappa shape index (κ2) is 7.86. The van der Waals surface area contributed by atoms with Crippen LogP contribution in [0.25, 0.3) is 0 Å². The van der Waals surface area contributed by atoms with Crippen LogP contribution < -0.4 is 0 Å². The molecule has 2 amide bonds. The molecule has 2 aliphatic heterocycles. The van der Waals surface area contributed by atoms with Crippen LogP contribution in [0.3, 0.4) is 0 Å². The summed E-state index contributed by atoms with van der Waals surface area (Å²) in [6.07, 6.45) is 3.51. The first kappa shape index (κ1) is 16.4. The van der Waals surface area contributed by atoms with Gasteiger partial charge in [0.2, 0.25) is 11.8 Å². The molecule has 0 saturated carbocycles. The lowest BCUT2D eigenvalue weighted by atomic mass is 10.1. The Labute approximate surface area is 142 Å². The zero-order valence-corrected chi connectivity index (χ0v) is 14.3. The molecule has 124 valence electrons. The highest BCUT2D eigenvalue weighted by atomic mass is 32.2. The third-order valence-corrected chi connectivity index (χ3v) is 5.98. The number of carbonyl (C=O) groups excluding carboxylic acids is 2. The van der Waals surface area contributed by atoms with Gasteiger partial charge in [-0.15, -0.1) is 11.8 Å². The number of thioether (sulfide) groups is 1. The third kappa shape index (κ3) is 4.28. The van der Waals surface area contributed by atoms with Crippen molar-refractivity contribution < 1.29 is 9.59 Å². The highest BCUT2D eigenvalue weighted by Gasteiger charge is 2.30. The summed E-state index contributed by atoms with van der Waals surface area (Å²) in [5.74, 6) is 1.59. The van der Waals surface area contributed by atoms with Crippen molar-refractivity contribution in [2.45, 2.75) is 30.9 Å². The number of hydrogen-bond acceptors (Lipinski definition) is 3. The molecule has 0 spiro atoms. The smallest absolute Gasteiger partial charge is 0.235 e. The Kier molecular flexibility index (Phi) is 5.60. The van der Waals surface area contributed by atoms with Crippen molar-refractivity contribution in [3.63, 3.8) is 0 Å². The van der Waals surface area contributed by atoms with Gasteiger partial charge in [-0.1, -0.05) is 30.3 Å². The molecule has 5 heteroatoms. The van der Waals surface area contributed by atoms with Crippen molar-refractivity contribution in [1.29, 1.82) is 0 Å². The van der Waals surface area contributed by atoms with E-state index in [1.54, 1.807) is 11.8 Å². The van der Waals surface area contributed by atoms with E-state index in [0.717, 1.165) is 25.0 Å². The highest BCUT2D eigenvalue weighted by Crippen LogP contribution is 2.28. The number of carbonyl (C=O) groups is 2. The lowest BCUT2D eigenvalue weighted by Crippen LogP contribution is -2.52. The summed E-state index contributed by atoms with van der Waals surface area (Å²) in [7, 11) is 0. The van der Waals surface area contributed by atoms with E-state index in [9.17, 15) is 9.59 Å². The highest BCUT2D eigenvalue weighted by molar-refractivity contribution is 8.00. The Morgan fingerprint density at radius 1 is 1.04 bits per heavy atom. The van der Waals surface area contributed by atoms with Gasteiger partial charge in [0.1, 0.15) is 0 Å². The van der Waals surface area contributed by atoms with Gasteiger partial charge < -0.3 is 9.80 Å². The van der Waals surface area contributed by atoms with E-state index in [1.807, 2.05) is 28.0 Å². The van der Waals surface area contributed by atoms with Crippen molar-refractivity contribution in [3.8, 4) is 0 Å². The van der Waals surface area contributed by atoms with Crippen LogP contribution >= 0.6 is 11.8 Å². The molecule has 2 heterocycles. The van der Waals surface area contributed by atoms with Gasteiger partial charge in [-0.25, -0.2) is 0 Å². The molecule has 2 aliphatic rings. The molecule has 2 fully saturated rings. The maximum absolute atomic E-state index is 12.4. The summed E-state index contributed by atoms with van der Waals surface area (Å²) >= 11 is 1.79. The van der Waals surface area contributed by atoms with Gasteiger partial charge in [-0.05, 0) is 30.6 Å². The largest absolute Gasteiger partial charge is 0.339 e. The molecule has 3 rings (SSSR count). The number of piperazine rings is 1. The van der Waals surface area contributed by atoms with Crippen LogP contribution in [0, 0.1) is 0 Å². The first-order valence-corrected chi connectivity index (χ1v) is 9.51. The van der Waals surface area contributed by atoms with E-state index in [0.29, 0.717) is 32.6 Å². The molecule has 0 radical (unpaired) electrons. The van der Waals surface area contributed by atoms with Crippen molar-refractivity contribution >= 4 is 23.6 Å². The fourth-order valence-electron chi connectivity index (χ4n) is 3.21. The van der Waals surface area contributed by atoms with E-state index in [2.05, 4.69) is 12.1 Å². The summed E-state index contributed by atoms with van der Waals surface area (Å²) in [6, 6.07) is 10.1. The number of amides is 2. The van der Waals surface area contributed by atoms with E-state index >= 15 is 0 Å². The Bertz CT molecular complexity index is 535. The van der Waals surface area contributed by atoms with E-state index < -0.39 is 0 Å². The van der Waals surface area contributed by atoms with Gasteiger partial charge >= 0.3 is 0 Å². The summed E-state index contributed by atoms with van der Waals surface area (Å²) in [5, 5.41) is 0.162. The molecule has 0 bridgehead atoms. The lowest BCUT2D eigenvalue weighted by Gasteiger charge is -2.36. The molecule has 0 aromatic heterocycles. The number of benzene rings is 1. The van der Waals surface area contributed by atoms with Gasteiger partial charge in [-0.3, -0.25) is 9.59 Å². The van der Waals surface area contributed by atoms with Gasteiger partial charge in [0, 0.05) is 32.6 Å². The van der Waals surface area contributed by atoms with Gasteiger partial charge in [0.25, 0.3) is 0 Å². The zero-order valence-electron chi connectivity index (χ0n) is 13.4. The summed E-state index contributed by atoms with van der Waals surface area (Å²) in [6.45, 7) is 2.73. The Morgan fingerprint density at radius 3 is 2.39 bits per heavy atom. The predicted molar refractivity (Wildman–Crippen MR) is 93.4 cm³/mol. The summed E-state index contributed by atoms with van der Waals surface area (Å²) < 4.78 is 0. The van der Waals surface area contributed by atoms with Crippen LogP contribution in [-0.4, -0.2) is 58.8 Å². The monoisotopic (exact) mass is 332 g/mol. The molecule has 1 aromatic rings. The van der Waals surface area contributed by atoms with Gasteiger partial charge in [0.05, 0.1) is 5.25 Å². The number of nitrogens with zero attached hydrogens (tertiary/aromatic N) is 2. The quantitative estimate of drug-likeness (QED) is 0.849. The lowest BCUT2D eigenvalue weighted by molar-refractivity contribution is -0.139. The van der Waals surface area contributed by atoms with E-state index in [-0.39, 0.29) is 17.1 Å². The fourth-order valence-corrected chi connectivity index (χ4v) is 4.45. The molecule has 0 aliphatic carbocycles. The van der Waals surface area contributed by atoms with Gasteiger partial charge in [-0.2, -0.15) is 0 Å². The maximum atomic E-state index is 12.4. The minimum absolute atomic E-state index is 0.162. The first-order valence-electron chi connectivity index (χ1n) is 8.46. The molecule has 1 atom stereocenters. The minimum Gasteiger partial charge on any atom is -0.339 e. The van der Waals surface area contributed by atoms with Gasteiger partial charge in [0.15, 0.2) is 0 Å². The topological polar surface area (TPSA) is 40.6 Å². The number of aryl methyl sites for hydroxylation is 1. The Hall–Kier alpha value is -1.49. The van der Waals surface area contributed by atoms with Crippen LogP contribution in [-0.2, 0) is 16.0 Å². The molecule has 0 N–H and O–H groups in total. The normalized spacial score (nSPS) is 21.5. The Balaban J connectivity index is 1.43.